The van der Waals surface area contributed by atoms with Crippen molar-refractivity contribution in [2.75, 3.05) is 6.54 Å². The Morgan fingerprint density at radius 1 is 1.19 bits per heavy atom. The van der Waals surface area contributed by atoms with Gasteiger partial charge >= 0.3 is 0 Å². The number of rotatable bonds is 4. The Balaban J connectivity index is 2.01. The zero-order valence-corrected chi connectivity index (χ0v) is 12.1. The first-order valence-corrected chi connectivity index (χ1v) is 6.91. The van der Waals surface area contributed by atoms with E-state index < -0.39 is 0 Å². The molecule has 0 aliphatic carbocycles. The Hall–Kier alpha value is -2.34. The highest BCUT2D eigenvalue weighted by atomic mass is 16.5. The van der Waals surface area contributed by atoms with Gasteiger partial charge in [0.25, 0.3) is 0 Å². The topological polar surface area (TPSA) is 90.7 Å². The number of nitrogens with two attached hydrogens (primary N) is 1. The molecular weight excluding hydrogens is 266 g/mol. The molecule has 1 atom stereocenters. The van der Waals surface area contributed by atoms with Crippen LogP contribution in [0.15, 0.2) is 35.1 Å². The lowest BCUT2D eigenvalue weighted by atomic mass is 9.88. The Kier molecular flexibility index (Phi) is 3.39. The van der Waals surface area contributed by atoms with Gasteiger partial charge in [-0.05, 0) is 31.5 Å². The van der Waals surface area contributed by atoms with Gasteiger partial charge in [0.2, 0.25) is 11.7 Å². The molecule has 2 aromatic heterocycles. The third kappa shape index (κ3) is 2.38. The van der Waals surface area contributed by atoms with E-state index in [9.17, 15) is 0 Å². The van der Waals surface area contributed by atoms with Crippen molar-refractivity contribution >= 4 is 11.0 Å². The second-order valence-corrected chi connectivity index (χ2v) is 5.30. The second-order valence-electron chi connectivity index (χ2n) is 5.30. The molecule has 0 radical (unpaired) electrons. The minimum Gasteiger partial charge on any atom is -0.338 e. The van der Waals surface area contributed by atoms with Crippen LogP contribution in [0.4, 0.5) is 0 Å². The third-order valence-electron chi connectivity index (χ3n) is 3.90. The summed E-state index contributed by atoms with van der Waals surface area (Å²) in [7, 11) is 0. The lowest BCUT2D eigenvalue weighted by molar-refractivity contribution is 0.291. The van der Waals surface area contributed by atoms with Gasteiger partial charge in [0.15, 0.2) is 0 Å². The summed E-state index contributed by atoms with van der Waals surface area (Å²) in [6, 6.07) is 5.72. The molecule has 0 saturated carbocycles. The predicted octanol–water partition coefficient (Wildman–Crippen LogP) is 2.31. The van der Waals surface area contributed by atoms with E-state index in [0.29, 0.717) is 18.3 Å². The number of hydrogen-bond donors (Lipinski definition) is 1. The second kappa shape index (κ2) is 5.21. The molecule has 108 valence electrons. The molecule has 0 aliphatic heterocycles. The predicted molar refractivity (Wildman–Crippen MR) is 79.5 cm³/mol. The maximum absolute atomic E-state index is 5.83. The van der Waals surface area contributed by atoms with E-state index in [1.54, 1.807) is 12.4 Å². The monoisotopic (exact) mass is 283 g/mol. The minimum absolute atomic E-state index is 0.290. The molecule has 0 spiro atoms. The molecule has 21 heavy (non-hydrogen) atoms. The van der Waals surface area contributed by atoms with Gasteiger partial charge in [-0.1, -0.05) is 12.1 Å². The molecule has 3 aromatic rings. The Morgan fingerprint density at radius 3 is 2.67 bits per heavy atom. The van der Waals surface area contributed by atoms with Gasteiger partial charge in [-0.2, -0.15) is 4.98 Å². The van der Waals surface area contributed by atoms with Gasteiger partial charge in [-0.15, -0.1) is 0 Å². The quantitative estimate of drug-likeness (QED) is 0.790. The number of aromatic nitrogens is 4. The lowest BCUT2D eigenvalue weighted by Gasteiger charge is -2.20. The van der Waals surface area contributed by atoms with Crippen LogP contribution in [0.3, 0.4) is 0 Å². The van der Waals surface area contributed by atoms with Crippen LogP contribution in [0.25, 0.3) is 22.4 Å². The van der Waals surface area contributed by atoms with Crippen LogP contribution < -0.4 is 5.73 Å². The number of fused-ring (bicyclic) bond motifs is 1. The van der Waals surface area contributed by atoms with Crippen molar-refractivity contribution in [3.05, 3.63) is 36.5 Å². The summed E-state index contributed by atoms with van der Waals surface area (Å²) in [5.74, 6) is 1.12. The fourth-order valence-corrected chi connectivity index (χ4v) is 2.07. The SMILES string of the molecule is CCC(C)(CN)c1nc(-c2ccc3nccnc3c2)no1. The Morgan fingerprint density at radius 2 is 1.95 bits per heavy atom. The van der Waals surface area contributed by atoms with E-state index in [1.807, 2.05) is 25.1 Å². The van der Waals surface area contributed by atoms with Crippen molar-refractivity contribution in [1.29, 1.82) is 0 Å². The normalized spacial score (nSPS) is 14.2. The van der Waals surface area contributed by atoms with Gasteiger partial charge in [0.1, 0.15) is 0 Å². The van der Waals surface area contributed by atoms with Gasteiger partial charge in [0, 0.05) is 24.5 Å². The molecule has 1 unspecified atom stereocenters. The van der Waals surface area contributed by atoms with Crippen LogP contribution in [-0.4, -0.2) is 26.7 Å². The summed E-state index contributed by atoms with van der Waals surface area (Å²) in [6.07, 6.45) is 4.17. The highest BCUT2D eigenvalue weighted by molar-refractivity contribution is 5.79. The summed E-state index contributed by atoms with van der Waals surface area (Å²) in [5, 5.41) is 4.07. The molecule has 1 aromatic carbocycles. The largest absolute Gasteiger partial charge is 0.338 e. The van der Waals surface area contributed by atoms with Gasteiger partial charge < -0.3 is 10.3 Å². The zero-order chi connectivity index (χ0) is 14.9. The smallest absolute Gasteiger partial charge is 0.234 e. The van der Waals surface area contributed by atoms with E-state index in [0.717, 1.165) is 23.0 Å². The van der Waals surface area contributed by atoms with Gasteiger partial charge in [-0.25, -0.2) is 0 Å². The number of benzene rings is 1. The molecule has 0 aliphatic rings. The molecule has 0 bridgehead atoms. The first-order valence-electron chi connectivity index (χ1n) is 6.91. The molecule has 0 amide bonds. The van der Waals surface area contributed by atoms with Crippen LogP contribution in [0.2, 0.25) is 0 Å². The fraction of sp³-hybridized carbons (Fsp3) is 0.333. The van der Waals surface area contributed by atoms with Crippen molar-refractivity contribution in [1.82, 2.24) is 20.1 Å². The van der Waals surface area contributed by atoms with Crippen LogP contribution in [-0.2, 0) is 5.41 Å². The van der Waals surface area contributed by atoms with Crippen LogP contribution in [0.1, 0.15) is 26.2 Å². The average Bonchev–Trinajstić information content (AvgIpc) is 3.04. The van der Waals surface area contributed by atoms with Crippen LogP contribution in [0, 0.1) is 0 Å². The van der Waals surface area contributed by atoms with Crippen molar-refractivity contribution in [3.8, 4) is 11.4 Å². The van der Waals surface area contributed by atoms with E-state index in [1.165, 1.54) is 0 Å². The van der Waals surface area contributed by atoms with Crippen LogP contribution >= 0.6 is 0 Å². The average molecular weight is 283 g/mol. The van der Waals surface area contributed by atoms with Gasteiger partial charge in [-0.3, -0.25) is 9.97 Å². The standard InChI is InChI=1S/C15H17N5O/c1-3-15(2,9-16)14-19-13(20-21-14)10-4-5-11-12(8-10)18-7-6-17-11/h4-8H,3,9,16H2,1-2H3. The maximum atomic E-state index is 5.83. The molecule has 2 heterocycles. The van der Waals surface area contributed by atoms with E-state index in [2.05, 4.69) is 27.0 Å². The summed E-state index contributed by atoms with van der Waals surface area (Å²) < 4.78 is 5.40. The molecule has 0 saturated heterocycles. The highest BCUT2D eigenvalue weighted by Gasteiger charge is 2.29. The first kappa shape index (κ1) is 13.6. The molecule has 2 N–H and O–H groups in total. The summed E-state index contributed by atoms with van der Waals surface area (Å²) >= 11 is 0. The summed E-state index contributed by atoms with van der Waals surface area (Å²) in [6.45, 7) is 4.55. The molecule has 6 nitrogen and oxygen atoms in total. The fourth-order valence-electron chi connectivity index (χ4n) is 2.07. The third-order valence-corrected chi connectivity index (χ3v) is 3.90. The number of hydrogen-bond acceptors (Lipinski definition) is 6. The van der Waals surface area contributed by atoms with E-state index >= 15 is 0 Å². The first-order chi connectivity index (χ1) is 10.2. The molecule has 3 rings (SSSR count). The summed E-state index contributed by atoms with van der Waals surface area (Å²) in [4.78, 5) is 13.0. The van der Waals surface area contributed by atoms with E-state index in [4.69, 9.17) is 10.3 Å². The van der Waals surface area contributed by atoms with Gasteiger partial charge in [0.05, 0.1) is 16.4 Å². The van der Waals surface area contributed by atoms with Crippen molar-refractivity contribution in [2.24, 2.45) is 5.73 Å². The summed E-state index contributed by atoms with van der Waals surface area (Å²) in [5.41, 5.74) is 8.03. The zero-order valence-electron chi connectivity index (χ0n) is 12.1. The molecule has 0 fully saturated rings. The molecule has 6 heteroatoms. The Bertz CT molecular complexity index is 763. The minimum atomic E-state index is -0.290. The molecular formula is C15H17N5O. The van der Waals surface area contributed by atoms with E-state index in [-0.39, 0.29) is 5.41 Å². The van der Waals surface area contributed by atoms with Crippen molar-refractivity contribution in [3.63, 3.8) is 0 Å². The van der Waals surface area contributed by atoms with Crippen LogP contribution in [0.5, 0.6) is 0 Å². The maximum Gasteiger partial charge on any atom is 0.234 e. The lowest BCUT2D eigenvalue weighted by Crippen LogP contribution is -2.31. The highest BCUT2D eigenvalue weighted by Crippen LogP contribution is 2.27. The Labute approximate surface area is 122 Å². The number of nitrogens with zero attached hydrogens (tertiary/aromatic N) is 4. The van der Waals surface area contributed by atoms with Crippen molar-refractivity contribution in [2.45, 2.75) is 25.7 Å². The van der Waals surface area contributed by atoms with Crippen molar-refractivity contribution < 1.29 is 4.52 Å².